The molecule has 0 fully saturated rings. The summed E-state index contributed by atoms with van der Waals surface area (Å²) in [5.74, 6) is -2.21. The summed E-state index contributed by atoms with van der Waals surface area (Å²) in [4.78, 5) is 24.8. The lowest BCUT2D eigenvalue weighted by atomic mass is 9.98. The first-order valence-corrected chi connectivity index (χ1v) is 9.11. The second-order valence-corrected chi connectivity index (χ2v) is 6.99. The zero-order chi connectivity index (χ0) is 23.4. The van der Waals surface area contributed by atoms with Gasteiger partial charge in [0, 0.05) is 25.1 Å². The molecule has 168 valence electrons. The van der Waals surface area contributed by atoms with E-state index in [1.807, 2.05) is 0 Å². The number of aliphatic carboxylic acids is 1. The van der Waals surface area contributed by atoms with Crippen LogP contribution in [-0.2, 0) is 23.6 Å². The zero-order valence-corrected chi connectivity index (χ0v) is 16.3. The molecule has 0 unspecified atom stereocenters. The van der Waals surface area contributed by atoms with Gasteiger partial charge in [0.1, 0.15) is 0 Å². The lowest BCUT2D eigenvalue weighted by Gasteiger charge is -2.29. The third-order valence-corrected chi connectivity index (χ3v) is 4.71. The fraction of sp³-hybridized carbons (Fsp3) is 0.333. The van der Waals surface area contributed by atoms with Gasteiger partial charge in [0.05, 0.1) is 11.1 Å². The highest BCUT2D eigenvalue weighted by Crippen LogP contribution is 2.36. The van der Waals surface area contributed by atoms with Gasteiger partial charge in [-0.25, -0.2) is 0 Å². The van der Waals surface area contributed by atoms with Gasteiger partial charge in [-0.05, 0) is 36.6 Å². The number of hydrogen-bond acceptors (Lipinski definition) is 2. The summed E-state index contributed by atoms with van der Waals surface area (Å²) in [5, 5.41) is 8.96. The van der Waals surface area contributed by atoms with Crippen molar-refractivity contribution in [3.63, 3.8) is 0 Å². The number of carboxylic acid groups (broad SMARTS) is 1. The van der Waals surface area contributed by atoms with Gasteiger partial charge in [0.2, 0.25) is 0 Å². The summed E-state index contributed by atoms with van der Waals surface area (Å²) >= 11 is 0. The molecule has 0 aromatic heterocycles. The Bertz CT molecular complexity index is 893. The second-order valence-electron chi connectivity index (χ2n) is 6.99. The molecule has 4 nitrogen and oxygen atoms in total. The molecule has 1 N–H and O–H groups in total. The third-order valence-electron chi connectivity index (χ3n) is 4.71. The number of carbonyl (C=O) groups excluding carboxylic acids is 1. The first-order valence-electron chi connectivity index (χ1n) is 9.11. The van der Waals surface area contributed by atoms with Crippen LogP contribution in [0, 0.1) is 0 Å². The molecule has 0 spiro atoms. The number of carbonyl (C=O) groups is 2. The van der Waals surface area contributed by atoms with Crippen molar-refractivity contribution in [3.05, 3.63) is 70.8 Å². The Hall–Kier alpha value is -3.04. The van der Waals surface area contributed by atoms with E-state index in [1.165, 1.54) is 7.05 Å². The summed E-state index contributed by atoms with van der Waals surface area (Å²) in [6, 6.07) is 8.54. The van der Waals surface area contributed by atoms with E-state index in [0.717, 1.165) is 10.5 Å². The van der Waals surface area contributed by atoms with E-state index < -0.39 is 47.0 Å². The number of amides is 1. The molecule has 2 aromatic carbocycles. The van der Waals surface area contributed by atoms with Crippen molar-refractivity contribution in [3.8, 4) is 0 Å². The van der Waals surface area contributed by atoms with Crippen molar-refractivity contribution in [2.75, 3.05) is 7.05 Å². The maximum Gasteiger partial charge on any atom is 0.416 e. The predicted octanol–water partition coefficient (Wildman–Crippen LogP) is 5.27. The van der Waals surface area contributed by atoms with Crippen LogP contribution in [0.15, 0.2) is 48.5 Å². The highest BCUT2D eigenvalue weighted by atomic mass is 19.4. The Morgan fingerprint density at radius 2 is 1.45 bits per heavy atom. The summed E-state index contributed by atoms with van der Waals surface area (Å²) in [7, 11) is 1.23. The van der Waals surface area contributed by atoms with E-state index in [2.05, 4.69) is 0 Å². The van der Waals surface area contributed by atoms with Gasteiger partial charge < -0.3 is 10.0 Å². The molecule has 0 aliphatic heterocycles. The van der Waals surface area contributed by atoms with E-state index in [4.69, 9.17) is 5.11 Å². The third kappa shape index (κ3) is 6.73. The molecule has 0 heterocycles. The fourth-order valence-corrected chi connectivity index (χ4v) is 3.06. The Morgan fingerprint density at radius 1 is 0.935 bits per heavy atom. The number of rotatable bonds is 7. The van der Waals surface area contributed by atoms with Crippen LogP contribution in [0.1, 0.15) is 39.9 Å². The lowest BCUT2D eigenvalue weighted by Crippen LogP contribution is -2.39. The topological polar surface area (TPSA) is 57.6 Å². The van der Waals surface area contributed by atoms with Crippen LogP contribution >= 0.6 is 0 Å². The van der Waals surface area contributed by atoms with Crippen molar-refractivity contribution in [2.24, 2.45) is 0 Å². The molecule has 31 heavy (non-hydrogen) atoms. The van der Waals surface area contributed by atoms with Gasteiger partial charge in [-0.2, -0.15) is 26.3 Å². The molecule has 0 aliphatic rings. The molecule has 1 atom stereocenters. The molecular formula is C21H19F6NO3. The van der Waals surface area contributed by atoms with E-state index in [1.54, 1.807) is 30.3 Å². The Labute approximate surface area is 174 Å². The zero-order valence-electron chi connectivity index (χ0n) is 16.3. The number of carboxylic acids is 1. The van der Waals surface area contributed by atoms with E-state index in [9.17, 15) is 35.9 Å². The van der Waals surface area contributed by atoms with E-state index >= 15 is 0 Å². The minimum Gasteiger partial charge on any atom is -0.481 e. The van der Waals surface area contributed by atoms with Crippen molar-refractivity contribution in [1.82, 2.24) is 4.90 Å². The molecule has 0 bridgehead atoms. The van der Waals surface area contributed by atoms with Crippen LogP contribution in [0.3, 0.4) is 0 Å². The maximum atomic E-state index is 13.1. The van der Waals surface area contributed by atoms with Crippen molar-refractivity contribution in [2.45, 2.75) is 37.7 Å². The Balaban J connectivity index is 2.41. The van der Waals surface area contributed by atoms with Gasteiger partial charge in [0.25, 0.3) is 5.91 Å². The summed E-state index contributed by atoms with van der Waals surface area (Å²) in [6.07, 6.45) is -10.3. The minimum atomic E-state index is -5.08. The monoisotopic (exact) mass is 447 g/mol. The molecular weight excluding hydrogens is 428 g/mol. The largest absolute Gasteiger partial charge is 0.481 e. The molecule has 0 saturated carbocycles. The van der Waals surface area contributed by atoms with Gasteiger partial charge in [-0.3, -0.25) is 9.59 Å². The summed E-state index contributed by atoms with van der Waals surface area (Å²) in [5.41, 5.74) is -3.23. The molecule has 2 aromatic rings. The summed E-state index contributed by atoms with van der Waals surface area (Å²) in [6.45, 7) is 0. The average Bonchev–Trinajstić information content (AvgIpc) is 2.69. The van der Waals surface area contributed by atoms with Crippen LogP contribution in [0.2, 0.25) is 0 Å². The number of nitrogens with zero attached hydrogens (tertiary/aromatic N) is 1. The standard InChI is InChI=1S/C21H19F6NO3/c1-28(17(7-8-18(29)30)9-13-5-3-2-4-6-13)19(31)14-10-15(20(22,23)24)12-16(11-14)21(25,26)27/h2-6,10-12,17H,7-9H2,1H3,(H,29,30)/t17-/m0/s1. The second kappa shape index (κ2) is 9.40. The van der Waals surface area contributed by atoms with Crippen LogP contribution in [0.4, 0.5) is 26.3 Å². The number of alkyl halides is 6. The first-order chi connectivity index (χ1) is 14.3. The van der Waals surface area contributed by atoms with Crippen LogP contribution in [-0.4, -0.2) is 35.0 Å². The fourth-order valence-electron chi connectivity index (χ4n) is 3.06. The van der Waals surface area contributed by atoms with Crippen molar-refractivity contribution in [1.29, 1.82) is 0 Å². The van der Waals surface area contributed by atoms with Gasteiger partial charge in [-0.15, -0.1) is 0 Å². The molecule has 2 rings (SSSR count). The lowest BCUT2D eigenvalue weighted by molar-refractivity contribution is -0.143. The van der Waals surface area contributed by atoms with Crippen molar-refractivity contribution >= 4 is 11.9 Å². The van der Waals surface area contributed by atoms with Crippen molar-refractivity contribution < 1.29 is 41.0 Å². The minimum absolute atomic E-state index is 0.0302. The Kier molecular flexibility index (Phi) is 7.35. The normalized spacial score (nSPS) is 13.0. The number of likely N-dealkylation sites (N-methyl/N-ethyl adjacent to an activating group) is 1. The molecule has 0 radical (unpaired) electrons. The SMILES string of the molecule is CN(C(=O)c1cc(C(F)(F)F)cc(C(F)(F)F)c1)[C@@H](CCC(=O)O)Cc1ccccc1. The first kappa shape index (κ1) is 24.2. The van der Waals surface area contributed by atoms with E-state index in [-0.39, 0.29) is 25.3 Å². The maximum absolute atomic E-state index is 13.1. The number of hydrogen-bond donors (Lipinski definition) is 1. The van der Waals surface area contributed by atoms with Crippen LogP contribution in [0.25, 0.3) is 0 Å². The van der Waals surface area contributed by atoms with E-state index in [0.29, 0.717) is 12.1 Å². The molecule has 0 saturated heterocycles. The smallest absolute Gasteiger partial charge is 0.416 e. The highest BCUT2D eigenvalue weighted by Gasteiger charge is 2.38. The van der Waals surface area contributed by atoms with Crippen LogP contribution in [0.5, 0.6) is 0 Å². The van der Waals surface area contributed by atoms with Crippen LogP contribution < -0.4 is 0 Å². The van der Waals surface area contributed by atoms with Gasteiger partial charge in [-0.1, -0.05) is 30.3 Å². The van der Waals surface area contributed by atoms with Gasteiger partial charge in [0.15, 0.2) is 0 Å². The summed E-state index contributed by atoms with van der Waals surface area (Å²) < 4.78 is 78.6. The molecule has 0 aliphatic carbocycles. The highest BCUT2D eigenvalue weighted by molar-refractivity contribution is 5.94. The van der Waals surface area contributed by atoms with Gasteiger partial charge >= 0.3 is 18.3 Å². The number of halogens is 6. The number of benzene rings is 2. The quantitative estimate of drug-likeness (QED) is 0.589. The average molecular weight is 447 g/mol. The predicted molar refractivity (Wildman–Crippen MR) is 99.3 cm³/mol. The molecule has 10 heteroatoms. The Morgan fingerprint density at radius 3 is 1.90 bits per heavy atom. The molecule has 1 amide bonds.